The fraction of sp³-hybridized carbons (Fsp3) is 0.0476. The van der Waals surface area contributed by atoms with E-state index in [1.165, 1.54) is 10.9 Å². The van der Waals surface area contributed by atoms with E-state index in [0.29, 0.717) is 17.1 Å². The van der Waals surface area contributed by atoms with E-state index in [9.17, 15) is 20.6 Å². The molecule has 0 N–H and O–H groups in total. The van der Waals surface area contributed by atoms with E-state index in [-0.39, 0.29) is 22.5 Å². The van der Waals surface area contributed by atoms with E-state index in [1.54, 1.807) is 30.3 Å². The van der Waals surface area contributed by atoms with Crippen molar-refractivity contribution in [1.82, 2.24) is 14.8 Å². The molecule has 1 aromatic heterocycles. The molecule has 0 spiro atoms. The van der Waals surface area contributed by atoms with Crippen LogP contribution in [-0.4, -0.2) is 14.8 Å². The number of hydrogen-bond donors (Lipinski definition) is 0. The zero-order chi connectivity index (χ0) is 20.4. The van der Waals surface area contributed by atoms with Crippen LogP contribution in [0.3, 0.4) is 0 Å². The SMILES string of the molecule is N#Cc1c2cc(-c3ccco3)n(-c3ccccc3)nc-2c(=O)nc1C(C#N)C#N. The second-order valence-corrected chi connectivity index (χ2v) is 6.00. The predicted molar refractivity (Wildman–Crippen MR) is 101 cm³/mol. The summed E-state index contributed by atoms with van der Waals surface area (Å²) >= 11 is 0. The summed E-state index contributed by atoms with van der Waals surface area (Å²) in [6, 6.07) is 19.6. The first-order valence-electron chi connectivity index (χ1n) is 8.44. The van der Waals surface area contributed by atoms with Gasteiger partial charge in [-0.3, -0.25) is 4.79 Å². The molecule has 2 aromatic rings. The second kappa shape index (κ2) is 7.11. The van der Waals surface area contributed by atoms with Crippen LogP contribution in [0, 0.1) is 34.0 Å². The Bertz CT molecular complexity index is 1340. The minimum absolute atomic E-state index is 0.0341. The monoisotopic (exact) mass is 378 g/mol. The van der Waals surface area contributed by atoms with Crippen molar-refractivity contribution in [3.63, 3.8) is 0 Å². The maximum atomic E-state index is 12.6. The molecule has 0 aliphatic carbocycles. The van der Waals surface area contributed by atoms with Gasteiger partial charge in [0.15, 0.2) is 17.4 Å². The number of furan rings is 1. The van der Waals surface area contributed by atoms with Crippen molar-refractivity contribution in [3.8, 4) is 46.6 Å². The molecule has 0 amide bonds. The van der Waals surface area contributed by atoms with Crippen LogP contribution in [0.5, 0.6) is 0 Å². The van der Waals surface area contributed by atoms with E-state index < -0.39 is 11.5 Å². The highest BCUT2D eigenvalue weighted by molar-refractivity contribution is 5.74. The van der Waals surface area contributed by atoms with Crippen LogP contribution < -0.4 is 5.56 Å². The fourth-order valence-electron chi connectivity index (χ4n) is 3.02. The quantitative estimate of drug-likeness (QED) is 0.535. The van der Waals surface area contributed by atoms with E-state index in [1.807, 2.05) is 36.4 Å². The van der Waals surface area contributed by atoms with Crippen LogP contribution >= 0.6 is 0 Å². The van der Waals surface area contributed by atoms with Crippen molar-refractivity contribution in [2.45, 2.75) is 5.92 Å². The largest absolute Gasteiger partial charge is 0.463 e. The van der Waals surface area contributed by atoms with Gasteiger partial charge in [-0.05, 0) is 30.3 Å². The first kappa shape index (κ1) is 17.7. The van der Waals surface area contributed by atoms with Crippen LogP contribution in [0.1, 0.15) is 17.2 Å². The number of benzene rings is 1. The molecule has 0 unspecified atom stereocenters. The Labute approximate surface area is 164 Å². The van der Waals surface area contributed by atoms with Gasteiger partial charge in [0.2, 0.25) is 0 Å². The number of nitrogens with zero attached hydrogens (tertiary/aromatic N) is 6. The first-order valence-corrected chi connectivity index (χ1v) is 8.44. The summed E-state index contributed by atoms with van der Waals surface area (Å²) in [4.78, 5) is 16.5. The third kappa shape index (κ3) is 2.90. The third-order valence-electron chi connectivity index (χ3n) is 4.33. The van der Waals surface area contributed by atoms with Gasteiger partial charge in [-0.15, -0.1) is 0 Å². The van der Waals surface area contributed by atoms with Crippen LogP contribution in [0.15, 0.2) is 64.0 Å². The summed E-state index contributed by atoms with van der Waals surface area (Å²) < 4.78 is 7.04. The molecule has 0 saturated carbocycles. The maximum Gasteiger partial charge on any atom is 0.298 e. The van der Waals surface area contributed by atoms with Gasteiger partial charge in [0, 0.05) is 5.56 Å². The Morgan fingerprint density at radius 1 is 1.03 bits per heavy atom. The maximum absolute atomic E-state index is 12.6. The Morgan fingerprint density at radius 3 is 2.41 bits per heavy atom. The van der Waals surface area contributed by atoms with Gasteiger partial charge in [0.1, 0.15) is 11.8 Å². The average molecular weight is 378 g/mol. The molecule has 1 aromatic carbocycles. The van der Waals surface area contributed by atoms with Crippen LogP contribution in [0.2, 0.25) is 0 Å². The standard InChI is InChI=1S/C21H10N6O2/c22-10-13(11-23)19-16(12-24)15-9-17(18-7-4-8-29-18)27(14-5-2-1-3-6-14)26-20(15)21(28)25-19/h1-9,13H. The number of rotatable bonds is 3. The summed E-state index contributed by atoms with van der Waals surface area (Å²) in [5.41, 5.74) is 0.408. The van der Waals surface area contributed by atoms with E-state index in [4.69, 9.17) is 4.42 Å². The van der Waals surface area contributed by atoms with Gasteiger partial charge < -0.3 is 4.42 Å². The highest BCUT2D eigenvalue weighted by atomic mass is 16.3. The van der Waals surface area contributed by atoms with Gasteiger partial charge in [0.25, 0.3) is 5.56 Å². The van der Waals surface area contributed by atoms with Crippen molar-refractivity contribution in [1.29, 1.82) is 15.8 Å². The molecule has 136 valence electrons. The minimum Gasteiger partial charge on any atom is -0.463 e. The molecule has 29 heavy (non-hydrogen) atoms. The van der Waals surface area contributed by atoms with Crippen molar-refractivity contribution in [2.24, 2.45) is 0 Å². The van der Waals surface area contributed by atoms with Crippen LogP contribution in [-0.2, 0) is 0 Å². The zero-order valence-electron chi connectivity index (χ0n) is 14.8. The smallest absolute Gasteiger partial charge is 0.298 e. The number of aromatic nitrogens is 3. The molecule has 0 atom stereocenters. The summed E-state index contributed by atoms with van der Waals surface area (Å²) in [6.45, 7) is 0. The van der Waals surface area contributed by atoms with Gasteiger partial charge in [0.05, 0.1) is 35.3 Å². The lowest BCUT2D eigenvalue weighted by molar-refractivity contribution is 0.575. The van der Waals surface area contributed by atoms with E-state index >= 15 is 0 Å². The Kier molecular flexibility index (Phi) is 4.33. The normalized spacial score (nSPS) is 10.4. The predicted octanol–water partition coefficient (Wildman–Crippen LogP) is 2.99. The molecule has 8 heteroatoms. The van der Waals surface area contributed by atoms with Crippen molar-refractivity contribution in [3.05, 3.63) is 76.4 Å². The van der Waals surface area contributed by atoms with Crippen molar-refractivity contribution < 1.29 is 4.42 Å². The summed E-state index contributed by atoms with van der Waals surface area (Å²) in [5, 5.41) is 32.5. The zero-order valence-corrected chi connectivity index (χ0v) is 14.8. The lowest BCUT2D eigenvalue weighted by Crippen LogP contribution is -2.21. The average Bonchev–Trinajstić information content (AvgIpc) is 3.29. The Hall–Kier alpha value is -4.74. The molecule has 0 radical (unpaired) electrons. The number of para-hydroxylation sites is 1. The van der Waals surface area contributed by atoms with E-state index in [2.05, 4.69) is 10.1 Å². The fourth-order valence-corrected chi connectivity index (χ4v) is 3.02. The number of nitriles is 3. The lowest BCUT2D eigenvalue weighted by atomic mass is 9.96. The first-order chi connectivity index (χ1) is 14.2. The molecular formula is C21H10N6O2. The number of fused-ring (bicyclic) bond motifs is 1. The molecule has 3 heterocycles. The highest BCUT2D eigenvalue weighted by Crippen LogP contribution is 2.32. The summed E-state index contributed by atoms with van der Waals surface area (Å²) in [6.07, 6.45) is 1.50. The Morgan fingerprint density at radius 2 is 1.79 bits per heavy atom. The molecular weight excluding hydrogens is 368 g/mol. The van der Waals surface area contributed by atoms with Crippen LogP contribution in [0.25, 0.3) is 28.4 Å². The van der Waals surface area contributed by atoms with Crippen molar-refractivity contribution >= 4 is 0 Å². The molecule has 2 aliphatic rings. The molecule has 0 saturated heterocycles. The third-order valence-corrected chi connectivity index (χ3v) is 4.33. The summed E-state index contributed by atoms with van der Waals surface area (Å²) in [7, 11) is 0. The summed E-state index contributed by atoms with van der Waals surface area (Å²) in [5.74, 6) is -0.870. The number of hydrogen-bond acceptors (Lipinski definition) is 7. The van der Waals surface area contributed by atoms with Gasteiger partial charge in [-0.25, -0.2) is 9.67 Å². The molecule has 8 nitrogen and oxygen atoms in total. The Balaban J connectivity index is 2.13. The molecule has 4 rings (SSSR count). The van der Waals surface area contributed by atoms with Gasteiger partial charge >= 0.3 is 0 Å². The topological polar surface area (TPSA) is 132 Å². The minimum atomic E-state index is -1.34. The molecule has 0 bridgehead atoms. The van der Waals surface area contributed by atoms with Crippen LogP contribution in [0.4, 0.5) is 0 Å². The molecule has 0 fully saturated rings. The van der Waals surface area contributed by atoms with Gasteiger partial charge in [-0.1, -0.05) is 18.2 Å². The van der Waals surface area contributed by atoms with Crippen molar-refractivity contribution in [2.75, 3.05) is 0 Å². The second-order valence-electron chi connectivity index (χ2n) is 6.00. The number of pyridine rings is 1. The molecule has 2 aliphatic heterocycles. The highest BCUT2D eigenvalue weighted by Gasteiger charge is 2.27. The van der Waals surface area contributed by atoms with E-state index in [0.717, 1.165) is 0 Å². The van der Waals surface area contributed by atoms with Gasteiger partial charge in [-0.2, -0.15) is 20.9 Å². The lowest BCUT2D eigenvalue weighted by Gasteiger charge is -2.16.